The van der Waals surface area contributed by atoms with Gasteiger partial charge in [-0.25, -0.2) is 0 Å². The highest BCUT2D eigenvalue weighted by Gasteiger charge is 2.10. The molecule has 1 N–H and O–H groups in total. The number of hydrogen-bond acceptors (Lipinski definition) is 3. The van der Waals surface area contributed by atoms with Crippen molar-refractivity contribution >= 4 is 23.1 Å². The molecule has 102 valence electrons. The summed E-state index contributed by atoms with van der Waals surface area (Å²) in [5.74, 6) is 0. The van der Waals surface area contributed by atoms with Crippen molar-refractivity contribution in [1.29, 1.82) is 0 Å². The van der Waals surface area contributed by atoms with E-state index in [-0.39, 0.29) is 0 Å². The zero-order valence-electron chi connectivity index (χ0n) is 11.7. The van der Waals surface area contributed by atoms with Crippen LogP contribution in [0.25, 0.3) is 0 Å². The summed E-state index contributed by atoms with van der Waals surface area (Å²) in [5, 5.41) is 5.82. The van der Waals surface area contributed by atoms with Gasteiger partial charge in [-0.15, -0.1) is 23.1 Å². The molecule has 0 radical (unpaired) electrons. The lowest BCUT2D eigenvalue weighted by atomic mass is 10.1. The van der Waals surface area contributed by atoms with E-state index in [0.29, 0.717) is 12.1 Å². The molecule has 0 spiro atoms. The highest BCUT2D eigenvalue weighted by molar-refractivity contribution is 7.98. The van der Waals surface area contributed by atoms with E-state index in [1.165, 1.54) is 15.3 Å². The van der Waals surface area contributed by atoms with Gasteiger partial charge in [-0.2, -0.15) is 0 Å². The molecular weight excluding hydrogens is 270 g/mol. The number of nitrogens with one attached hydrogen (secondary N) is 1. The molecule has 0 amide bonds. The first-order valence-electron chi connectivity index (χ1n) is 6.61. The molecule has 1 heterocycles. The first-order chi connectivity index (χ1) is 9.19. The molecule has 0 fully saturated rings. The Kier molecular flexibility index (Phi) is 5.49. The van der Waals surface area contributed by atoms with Gasteiger partial charge in [0.1, 0.15) is 0 Å². The maximum absolute atomic E-state index is 3.67. The van der Waals surface area contributed by atoms with E-state index in [1.807, 2.05) is 11.3 Å². The van der Waals surface area contributed by atoms with Crippen molar-refractivity contribution in [2.24, 2.45) is 0 Å². The second-order valence-electron chi connectivity index (χ2n) is 4.85. The topological polar surface area (TPSA) is 12.0 Å². The second-order valence-corrected chi connectivity index (χ2v) is 6.76. The predicted molar refractivity (Wildman–Crippen MR) is 87.3 cm³/mol. The van der Waals surface area contributed by atoms with Crippen molar-refractivity contribution in [3.8, 4) is 0 Å². The third-order valence-corrected chi connectivity index (χ3v) is 4.88. The summed E-state index contributed by atoms with van der Waals surface area (Å²) in [4.78, 5) is 2.77. The molecule has 1 aromatic carbocycles. The van der Waals surface area contributed by atoms with Gasteiger partial charge in [-0.1, -0.05) is 18.2 Å². The minimum absolute atomic E-state index is 0.394. The molecule has 1 aromatic heterocycles. The number of thiophene rings is 1. The Morgan fingerprint density at radius 3 is 2.47 bits per heavy atom. The third-order valence-electron chi connectivity index (χ3n) is 3.24. The normalized spacial score (nSPS) is 14.3. The lowest BCUT2D eigenvalue weighted by Crippen LogP contribution is -2.30. The zero-order valence-corrected chi connectivity index (χ0v) is 13.4. The van der Waals surface area contributed by atoms with Crippen molar-refractivity contribution in [3.05, 3.63) is 52.2 Å². The molecule has 19 heavy (non-hydrogen) atoms. The zero-order chi connectivity index (χ0) is 13.7. The summed E-state index contributed by atoms with van der Waals surface area (Å²) in [6, 6.07) is 14.1. The van der Waals surface area contributed by atoms with E-state index in [1.54, 1.807) is 11.8 Å². The summed E-state index contributed by atoms with van der Waals surface area (Å²) in [7, 11) is 0. The van der Waals surface area contributed by atoms with Gasteiger partial charge in [-0.05, 0) is 55.7 Å². The average molecular weight is 291 g/mol. The maximum atomic E-state index is 3.67. The molecule has 2 unspecified atom stereocenters. The fourth-order valence-corrected chi connectivity index (χ4v) is 3.45. The van der Waals surface area contributed by atoms with E-state index in [2.05, 4.69) is 67.2 Å². The molecular formula is C16H21NS2. The molecule has 0 aliphatic rings. The van der Waals surface area contributed by atoms with Crippen LogP contribution in [0, 0.1) is 0 Å². The molecule has 2 aromatic rings. The van der Waals surface area contributed by atoms with Gasteiger partial charge in [0.25, 0.3) is 0 Å². The standard InChI is InChI=1S/C16H21NS2/c1-12(11-16-5-4-10-19-16)17-13(2)14-6-8-15(18-3)9-7-14/h4-10,12-13,17H,11H2,1-3H3. The van der Waals surface area contributed by atoms with Crippen LogP contribution in [0.2, 0.25) is 0 Å². The fourth-order valence-electron chi connectivity index (χ4n) is 2.21. The van der Waals surface area contributed by atoms with E-state index in [0.717, 1.165) is 6.42 Å². The van der Waals surface area contributed by atoms with E-state index < -0.39 is 0 Å². The smallest absolute Gasteiger partial charge is 0.0294 e. The van der Waals surface area contributed by atoms with Crippen LogP contribution in [0.5, 0.6) is 0 Å². The molecule has 1 nitrogen and oxygen atoms in total. The summed E-state index contributed by atoms with van der Waals surface area (Å²) in [5.41, 5.74) is 1.36. The van der Waals surface area contributed by atoms with Crippen LogP contribution in [-0.4, -0.2) is 12.3 Å². The van der Waals surface area contributed by atoms with Gasteiger partial charge in [0.15, 0.2) is 0 Å². The van der Waals surface area contributed by atoms with Crippen molar-refractivity contribution in [3.63, 3.8) is 0 Å². The van der Waals surface area contributed by atoms with Gasteiger partial charge in [0.2, 0.25) is 0 Å². The first kappa shape index (κ1) is 14.6. The molecule has 3 heteroatoms. The lowest BCUT2D eigenvalue weighted by molar-refractivity contribution is 0.479. The van der Waals surface area contributed by atoms with E-state index >= 15 is 0 Å². The van der Waals surface area contributed by atoms with Crippen LogP contribution in [0.4, 0.5) is 0 Å². The van der Waals surface area contributed by atoms with Crippen LogP contribution >= 0.6 is 23.1 Å². The minimum atomic E-state index is 0.394. The van der Waals surface area contributed by atoms with E-state index in [4.69, 9.17) is 0 Å². The maximum Gasteiger partial charge on any atom is 0.0294 e. The van der Waals surface area contributed by atoms with Crippen LogP contribution in [-0.2, 0) is 6.42 Å². The minimum Gasteiger partial charge on any atom is -0.307 e. The number of benzene rings is 1. The highest BCUT2D eigenvalue weighted by Crippen LogP contribution is 2.20. The molecule has 0 aliphatic carbocycles. The molecule has 0 bridgehead atoms. The average Bonchev–Trinajstić information content (AvgIpc) is 2.91. The largest absolute Gasteiger partial charge is 0.307 e. The molecule has 0 aliphatic heterocycles. The molecule has 2 atom stereocenters. The summed E-state index contributed by atoms with van der Waals surface area (Å²) in [6.45, 7) is 4.49. The van der Waals surface area contributed by atoms with Crippen molar-refractivity contribution < 1.29 is 0 Å². The van der Waals surface area contributed by atoms with Crippen LogP contribution in [0.3, 0.4) is 0 Å². The van der Waals surface area contributed by atoms with Gasteiger partial charge in [0, 0.05) is 21.9 Å². The van der Waals surface area contributed by atoms with Gasteiger partial charge < -0.3 is 5.32 Å². The SMILES string of the molecule is CSc1ccc(C(C)NC(C)Cc2cccs2)cc1. The van der Waals surface area contributed by atoms with Crippen LogP contribution in [0.1, 0.15) is 30.3 Å². The second kappa shape index (κ2) is 7.13. The number of rotatable bonds is 6. The van der Waals surface area contributed by atoms with Gasteiger partial charge in [0.05, 0.1) is 0 Å². The first-order valence-corrected chi connectivity index (χ1v) is 8.72. The quantitative estimate of drug-likeness (QED) is 0.771. The summed E-state index contributed by atoms with van der Waals surface area (Å²) >= 11 is 3.62. The Bertz CT molecular complexity index is 476. The number of hydrogen-bond donors (Lipinski definition) is 1. The number of thioether (sulfide) groups is 1. The van der Waals surface area contributed by atoms with E-state index in [9.17, 15) is 0 Å². The van der Waals surface area contributed by atoms with Crippen LogP contribution in [0.15, 0.2) is 46.7 Å². The molecule has 2 rings (SSSR count). The van der Waals surface area contributed by atoms with Gasteiger partial charge >= 0.3 is 0 Å². The van der Waals surface area contributed by atoms with Crippen molar-refractivity contribution in [2.75, 3.05) is 6.26 Å². The van der Waals surface area contributed by atoms with Crippen molar-refractivity contribution in [1.82, 2.24) is 5.32 Å². The third kappa shape index (κ3) is 4.37. The Hall–Kier alpha value is -0.770. The van der Waals surface area contributed by atoms with Gasteiger partial charge in [-0.3, -0.25) is 0 Å². The Labute approximate surface area is 124 Å². The lowest BCUT2D eigenvalue weighted by Gasteiger charge is -2.20. The monoisotopic (exact) mass is 291 g/mol. The fraction of sp³-hybridized carbons (Fsp3) is 0.375. The predicted octanol–water partition coefficient (Wildman–Crippen LogP) is 4.75. The summed E-state index contributed by atoms with van der Waals surface area (Å²) < 4.78 is 0. The summed E-state index contributed by atoms with van der Waals surface area (Å²) in [6.07, 6.45) is 3.21. The molecule has 0 saturated heterocycles. The van der Waals surface area contributed by atoms with Crippen LogP contribution < -0.4 is 5.32 Å². The highest BCUT2D eigenvalue weighted by atomic mass is 32.2. The Morgan fingerprint density at radius 2 is 1.89 bits per heavy atom. The Balaban J connectivity index is 1.90. The Morgan fingerprint density at radius 1 is 1.16 bits per heavy atom. The molecule has 0 saturated carbocycles. The van der Waals surface area contributed by atoms with Crippen molar-refractivity contribution in [2.45, 2.75) is 37.2 Å².